The van der Waals surface area contributed by atoms with Crippen LogP contribution in [-0.2, 0) is 11.2 Å². The molecule has 0 spiro atoms. The highest BCUT2D eigenvalue weighted by molar-refractivity contribution is 5.90. The van der Waals surface area contributed by atoms with E-state index in [1.54, 1.807) is 0 Å². The molecule has 0 radical (unpaired) electrons. The second-order valence-electron chi connectivity index (χ2n) is 6.27. The van der Waals surface area contributed by atoms with E-state index < -0.39 is 0 Å². The molecule has 0 saturated carbocycles. The van der Waals surface area contributed by atoms with Crippen molar-refractivity contribution >= 4 is 16.7 Å². The van der Waals surface area contributed by atoms with E-state index in [4.69, 9.17) is 9.73 Å². The first-order valence-corrected chi connectivity index (χ1v) is 7.25. The molecule has 2 heteroatoms. The SMILES string of the molecule is CC1CC(C)(C)N=C(Cc2cccc3ccccc23)O1. The molecule has 0 aliphatic carbocycles. The molecule has 0 fully saturated rings. The zero-order valence-corrected chi connectivity index (χ0v) is 12.4. The zero-order valence-electron chi connectivity index (χ0n) is 12.4. The summed E-state index contributed by atoms with van der Waals surface area (Å²) in [6, 6.07) is 14.9. The summed E-state index contributed by atoms with van der Waals surface area (Å²) < 4.78 is 5.92. The van der Waals surface area contributed by atoms with Gasteiger partial charge in [-0.3, -0.25) is 0 Å². The molecule has 1 aliphatic rings. The minimum atomic E-state index is -0.0163. The average molecular weight is 267 g/mol. The van der Waals surface area contributed by atoms with Crippen LogP contribution >= 0.6 is 0 Å². The predicted molar refractivity (Wildman–Crippen MR) is 84.3 cm³/mol. The number of ether oxygens (including phenoxy) is 1. The topological polar surface area (TPSA) is 21.6 Å². The van der Waals surface area contributed by atoms with Crippen LogP contribution in [0.2, 0.25) is 0 Å². The van der Waals surface area contributed by atoms with Crippen LogP contribution in [0.4, 0.5) is 0 Å². The molecule has 2 aromatic rings. The van der Waals surface area contributed by atoms with E-state index >= 15 is 0 Å². The number of aliphatic imine (C=N–C) groups is 1. The van der Waals surface area contributed by atoms with Gasteiger partial charge in [0.25, 0.3) is 0 Å². The van der Waals surface area contributed by atoms with Crippen LogP contribution < -0.4 is 0 Å². The van der Waals surface area contributed by atoms with Gasteiger partial charge in [0.2, 0.25) is 0 Å². The first-order valence-electron chi connectivity index (χ1n) is 7.25. The molecule has 2 aromatic carbocycles. The fraction of sp³-hybridized carbons (Fsp3) is 0.389. The van der Waals surface area contributed by atoms with Crippen LogP contribution in [0.1, 0.15) is 32.8 Å². The molecule has 1 heterocycles. The molecule has 0 amide bonds. The number of nitrogens with zero attached hydrogens (tertiary/aromatic N) is 1. The summed E-state index contributed by atoms with van der Waals surface area (Å²) in [4.78, 5) is 4.76. The number of hydrogen-bond acceptors (Lipinski definition) is 2. The van der Waals surface area contributed by atoms with Crippen molar-refractivity contribution < 1.29 is 4.74 Å². The minimum Gasteiger partial charge on any atom is -0.478 e. The van der Waals surface area contributed by atoms with Crippen molar-refractivity contribution in [2.75, 3.05) is 0 Å². The van der Waals surface area contributed by atoms with Gasteiger partial charge < -0.3 is 4.74 Å². The molecule has 1 atom stereocenters. The van der Waals surface area contributed by atoms with Crippen molar-refractivity contribution in [2.45, 2.75) is 45.3 Å². The van der Waals surface area contributed by atoms with E-state index in [0.717, 1.165) is 18.7 Å². The Kier molecular flexibility index (Phi) is 3.25. The maximum Gasteiger partial charge on any atom is 0.188 e. The van der Waals surface area contributed by atoms with Crippen LogP contribution in [0.5, 0.6) is 0 Å². The lowest BCUT2D eigenvalue weighted by Gasteiger charge is -2.31. The predicted octanol–water partition coefficient (Wildman–Crippen LogP) is 4.37. The van der Waals surface area contributed by atoms with E-state index in [-0.39, 0.29) is 11.6 Å². The fourth-order valence-electron chi connectivity index (χ4n) is 3.08. The Labute approximate surface area is 120 Å². The summed E-state index contributed by atoms with van der Waals surface area (Å²) in [6.45, 7) is 6.48. The molecule has 104 valence electrons. The van der Waals surface area contributed by atoms with E-state index in [0.29, 0.717) is 0 Å². The summed E-state index contributed by atoms with van der Waals surface area (Å²) in [6.07, 6.45) is 1.99. The van der Waals surface area contributed by atoms with Gasteiger partial charge in [0.1, 0.15) is 0 Å². The number of hydrogen-bond donors (Lipinski definition) is 0. The summed E-state index contributed by atoms with van der Waals surface area (Å²) >= 11 is 0. The Hall–Kier alpha value is -1.83. The molecule has 3 rings (SSSR count). The molecule has 2 nitrogen and oxygen atoms in total. The van der Waals surface area contributed by atoms with E-state index in [1.165, 1.54) is 16.3 Å². The van der Waals surface area contributed by atoms with Gasteiger partial charge in [0.05, 0.1) is 11.6 Å². The Morgan fingerprint density at radius 2 is 1.90 bits per heavy atom. The largest absolute Gasteiger partial charge is 0.478 e. The van der Waals surface area contributed by atoms with Gasteiger partial charge in [-0.25, -0.2) is 4.99 Å². The Morgan fingerprint density at radius 1 is 1.15 bits per heavy atom. The molecular formula is C18H21NO. The van der Waals surface area contributed by atoms with Crippen LogP contribution in [-0.4, -0.2) is 17.5 Å². The van der Waals surface area contributed by atoms with Gasteiger partial charge in [-0.1, -0.05) is 42.5 Å². The van der Waals surface area contributed by atoms with E-state index in [9.17, 15) is 0 Å². The van der Waals surface area contributed by atoms with Crippen molar-refractivity contribution in [3.05, 3.63) is 48.0 Å². The fourth-order valence-corrected chi connectivity index (χ4v) is 3.08. The molecule has 0 N–H and O–H groups in total. The molecule has 20 heavy (non-hydrogen) atoms. The van der Waals surface area contributed by atoms with Gasteiger partial charge >= 0.3 is 0 Å². The summed E-state index contributed by atoms with van der Waals surface area (Å²) in [7, 11) is 0. The van der Waals surface area contributed by atoms with Crippen molar-refractivity contribution in [1.29, 1.82) is 0 Å². The average Bonchev–Trinajstić information content (AvgIpc) is 2.37. The lowest BCUT2D eigenvalue weighted by molar-refractivity contribution is 0.141. The Balaban J connectivity index is 1.96. The second-order valence-corrected chi connectivity index (χ2v) is 6.27. The maximum atomic E-state index is 5.92. The third-order valence-electron chi connectivity index (χ3n) is 3.77. The molecule has 0 saturated heterocycles. The number of fused-ring (bicyclic) bond motifs is 1. The highest BCUT2D eigenvalue weighted by Gasteiger charge is 2.28. The highest BCUT2D eigenvalue weighted by Crippen LogP contribution is 2.26. The summed E-state index contributed by atoms with van der Waals surface area (Å²) in [5.74, 6) is 0.866. The Morgan fingerprint density at radius 3 is 2.70 bits per heavy atom. The smallest absolute Gasteiger partial charge is 0.188 e. The van der Waals surface area contributed by atoms with Crippen molar-refractivity contribution in [3.8, 4) is 0 Å². The van der Waals surface area contributed by atoms with E-state index in [2.05, 4.69) is 63.2 Å². The van der Waals surface area contributed by atoms with Gasteiger partial charge in [-0.05, 0) is 37.1 Å². The van der Waals surface area contributed by atoms with Crippen LogP contribution in [0.3, 0.4) is 0 Å². The first kappa shape index (κ1) is 13.2. The summed E-state index contributed by atoms with van der Waals surface area (Å²) in [5, 5.41) is 2.56. The van der Waals surface area contributed by atoms with Crippen LogP contribution in [0.25, 0.3) is 10.8 Å². The molecule has 0 aromatic heterocycles. The number of benzene rings is 2. The monoisotopic (exact) mass is 267 g/mol. The van der Waals surface area contributed by atoms with Crippen molar-refractivity contribution in [2.24, 2.45) is 4.99 Å². The van der Waals surface area contributed by atoms with Gasteiger partial charge in [0.15, 0.2) is 5.90 Å². The first-order chi connectivity index (χ1) is 9.53. The molecule has 1 aliphatic heterocycles. The van der Waals surface area contributed by atoms with Crippen molar-refractivity contribution in [1.82, 2.24) is 0 Å². The third kappa shape index (κ3) is 2.69. The second kappa shape index (κ2) is 4.93. The number of rotatable bonds is 2. The minimum absolute atomic E-state index is 0.0163. The highest BCUT2D eigenvalue weighted by atomic mass is 16.5. The van der Waals surface area contributed by atoms with Gasteiger partial charge in [-0.15, -0.1) is 0 Å². The standard InChI is InChI=1S/C18H21NO/c1-13-12-18(2,3)19-17(20-13)11-15-9-6-8-14-7-4-5-10-16(14)15/h4-10,13H,11-12H2,1-3H3. The van der Waals surface area contributed by atoms with Crippen LogP contribution in [0, 0.1) is 0 Å². The van der Waals surface area contributed by atoms with Crippen LogP contribution in [0.15, 0.2) is 47.5 Å². The van der Waals surface area contributed by atoms with Gasteiger partial charge in [0, 0.05) is 12.8 Å². The maximum absolute atomic E-state index is 5.92. The lowest BCUT2D eigenvalue weighted by Crippen LogP contribution is -2.34. The van der Waals surface area contributed by atoms with Crippen molar-refractivity contribution in [3.63, 3.8) is 0 Å². The Bertz CT molecular complexity index is 652. The molecule has 0 bridgehead atoms. The molecule has 1 unspecified atom stereocenters. The normalized spacial score (nSPS) is 21.4. The van der Waals surface area contributed by atoms with Gasteiger partial charge in [-0.2, -0.15) is 0 Å². The molecular weight excluding hydrogens is 246 g/mol. The quantitative estimate of drug-likeness (QED) is 0.791. The third-order valence-corrected chi connectivity index (χ3v) is 3.77. The van der Waals surface area contributed by atoms with E-state index in [1.807, 2.05) is 0 Å². The summed E-state index contributed by atoms with van der Waals surface area (Å²) in [5.41, 5.74) is 1.27. The zero-order chi connectivity index (χ0) is 14.2. The lowest BCUT2D eigenvalue weighted by atomic mass is 9.96.